The molecule has 0 fully saturated rings. The number of nitrogens with one attached hydrogen (secondary N) is 2. The van der Waals surface area contributed by atoms with Gasteiger partial charge in [-0.05, 0) is 47.4 Å². The third-order valence-electron chi connectivity index (χ3n) is 4.24. The van der Waals surface area contributed by atoms with E-state index >= 15 is 0 Å². The number of amides is 1. The summed E-state index contributed by atoms with van der Waals surface area (Å²) in [5.74, 6) is -0.280. The lowest BCUT2D eigenvalue weighted by molar-refractivity contribution is 0.0234. The second kappa shape index (κ2) is 9.50. The summed E-state index contributed by atoms with van der Waals surface area (Å²) in [5, 5.41) is 3.29. The van der Waals surface area contributed by atoms with Gasteiger partial charge >= 0.3 is 0 Å². The summed E-state index contributed by atoms with van der Waals surface area (Å²) in [6, 6.07) is 19.4. The molecule has 5 heteroatoms. The van der Waals surface area contributed by atoms with Crippen LogP contribution in [0.4, 0.5) is 5.69 Å². The zero-order valence-electron chi connectivity index (χ0n) is 15.3. The molecular weight excluding hydrogens is 338 g/mol. The van der Waals surface area contributed by atoms with Gasteiger partial charge in [-0.2, -0.15) is 0 Å². The predicted octanol–water partition coefficient (Wildman–Crippen LogP) is 4.12. The van der Waals surface area contributed by atoms with Crippen LogP contribution in [0.15, 0.2) is 73.1 Å². The van der Waals surface area contributed by atoms with Crippen LogP contribution in [-0.2, 0) is 24.4 Å². The minimum absolute atomic E-state index is 0.280. The van der Waals surface area contributed by atoms with Gasteiger partial charge in [0.05, 0.1) is 12.2 Å². The molecule has 0 atom stereocenters. The maximum Gasteiger partial charge on any atom is 0.276 e. The lowest BCUT2D eigenvalue weighted by Crippen LogP contribution is -2.24. The zero-order valence-corrected chi connectivity index (χ0v) is 15.3. The first-order valence-corrected chi connectivity index (χ1v) is 8.98. The third kappa shape index (κ3) is 5.39. The van der Waals surface area contributed by atoms with Crippen molar-refractivity contribution in [2.75, 3.05) is 5.32 Å². The quantitative estimate of drug-likeness (QED) is 0.593. The normalized spacial score (nSPS) is 10.4. The SMILES string of the molecule is CCc1ccc(CONC(=O)c2ccccc2NCc2ccncc2)cc1. The Hall–Kier alpha value is -3.18. The number of hydroxylamine groups is 1. The summed E-state index contributed by atoms with van der Waals surface area (Å²) in [6.45, 7) is 3.05. The summed E-state index contributed by atoms with van der Waals surface area (Å²) in [7, 11) is 0. The molecule has 2 N–H and O–H groups in total. The van der Waals surface area contributed by atoms with E-state index in [4.69, 9.17) is 4.84 Å². The number of nitrogens with zero attached hydrogens (tertiary/aromatic N) is 1. The third-order valence-corrected chi connectivity index (χ3v) is 4.24. The highest BCUT2D eigenvalue weighted by molar-refractivity contribution is 5.98. The summed E-state index contributed by atoms with van der Waals surface area (Å²) in [4.78, 5) is 21.9. The number of pyridine rings is 1. The van der Waals surface area contributed by atoms with Gasteiger partial charge < -0.3 is 5.32 Å². The Morgan fingerprint density at radius 2 is 1.63 bits per heavy atom. The number of anilines is 1. The van der Waals surface area contributed by atoms with Gasteiger partial charge in [-0.1, -0.05) is 43.3 Å². The van der Waals surface area contributed by atoms with E-state index in [0.29, 0.717) is 18.7 Å². The van der Waals surface area contributed by atoms with Gasteiger partial charge in [0.2, 0.25) is 0 Å². The zero-order chi connectivity index (χ0) is 18.9. The predicted molar refractivity (Wildman–Crippen MR) is 106 cm³/mol. The van der Waals surface area contributed by atoms with Crippen LogP contribution in [0, 0.1) is 0 Å². The van der Waals surface area contributed by atoms with Crippen LogP contribution in [0.3, 0.4) is 0 Å². The van der Waals surface area contributed by atoms with Crippen molar-refractivity contribution in [2.45, 2.75) is 26.5 Å². The molecule has 3 rings (SSSR count). The first-order valence-electron chi connectivity index (χ1n) is 8.98. The fourth-order valence-corrected chi connectivity index (χ4v) is 2.64. The van der Waals surface area contributed by atoms with Gasteiger partial charge in [-0.25, -0.2) is 5.48 Å². The first-order chi connectivity index (χ1) is 13.3. The van der Waals surface area contributed by atoms with Crippen molar-refractivity contribution in [1.82, 2.24) is 10.5 Å². The molecule has 0 aliphatic carbocycles. The lowest BCUT2D eigenvalue weighted by Gasteiger charge is -2.12. The molecule has 0 aliphatic heterocycles. The van der Waals surface area contributed by atoms with E-state index in [9.17, 15) is 4.79 Å². The minimum atomic E-state index is -0.280. The van der Waals surface area contributed by atoms with Gasteiger partial charge in [-0.3, -0.25) is 14.6 Å². The topological polar surface area (TPSA) is 63.2 Å². The van der Waals surface area contributed by atoms with Crippen molar-refractivity contribution in [2.24, 2.45) is 0 Å². The van der Waals surface area contributed by atoms with Gasteiger partial charge in [0, 0.05) is 24.6 Å². The second-order valence-electron chi connectivity index (χ2n) is 6.14. The van der Waals surface area contributed by atoms with E-state index < -0.39 is 0 Å². The van der Waals surface area contributed by atoms with Crippen molar-refractivity contribution in [3.8, 4) is 0 Å². The summed E-state index contributed by atoms with van der Waals surface area (Å²) < 4.78 is 0. The molecule has 138 valence electrons. The van der Waals surface area contributed by atoms with Crippen molar-refractivity contribution in [1.29, 1.82) is 0 Å². The molecular formula is C22H23N3O2. The van der Waals surface area contributed by atoms with Gasteiger partial charge in [0.1, 0.15) is 0 Å². The number of benzene rings is 2. The number of carbonyl (C=O) groups excluding carboxylic acids is 1. The largest absolute Gasteiger partial charge is 0.380 e. The fourth-order valence-electron chi connectivity index (χ4n) is 2.64. The van der Waals surface area contributed by atoms with Crippen molar-refractivity contribution >= 4 is 11.6 Å². The highest BCUT2D eigenvalue weighted by Gasteiger charge is 2.11. The average Bonchev–Trinajstić information content (AvgIpc) is 2.73. The van der Waals surface area contributed by atoms with Crippen LogP contribution < -0.4 is 10.8 Å². The Labute approximate surface area is 159 Å². The van der Waals surface area contributed by atoms with E-state index in [1.807, 2.05) is 42.5 Å². The van der Waals surface area contributed by atoms with E-state index in [1.165, 1.54) is 5.56 Å². The Morgan fingerprint density at radius 3 is 2.37 bits per heavy atom. The van der Waals surface area contributed by atoms with E-state index in [0.717, 1.165) is 23.2 Å². The fraction of sp³-hybridized carbons (Fsp3) is 0.182. The minimum Gasteiger partial charge on any atom is -0.380 e. The number of aromatic nitrogens is 1. The molecule has 3 aromatic rings. The Kier molecular flexibility index (Phi) is 6.55. The van der Waals surface area contributed by atoms with Gasteiger partial charge in [0.25, 0.3) is 5.91 Å². The maximum absolute atomic E-state index is 12.5. The molecule has 5 nitrogen and oxygen atoms in total. The number of hydrogen-bond donors (Lipinski definition) is 2. The Bertz CT molecular complexity index is 864. The molecule has 0 saturated heterocycles. The van der Waals surface area contributed by atoms with Crippen molar-refractivity contribution < 1.29 is 9.63 Å². The van der Waals surface area contributed by atoms with E-state index in [2.05, 4.69) is 34.8 Å². The molecule has 0 unspecified atom stereocenters. The lowest BCUT2D eigenvalue weighted by atomic mass is 10.1. The Balaban J connectivity index is 1.56. The highest BCUT2D eigenvalue weighted by Crippen LogP contribution is 2.16. The van der Waals surface area contributed by atoms with E-state index in [1.54, 1.807) is 18.5 Å². The molecule has 0 spiro atoms. The summed E-state index contributed by atoms with van der Waals surface area (Å²) in [5.41, 5.74) is 7.19. The van der Waals surface area contributed by atoms with Crippen molar-refractivity contribution in [3.05, 3.63) is 95.3 Å². The number of carbonyl (C=O) groups is 1. The maximum atomic E-state index is 12.5. The van der Waals surface area contributed by atoms with E-state index in [-0.39, 0.29) is 5.91 Å². The highest BCUT2D eigenvalue weighted by atomic mass is 16.6. The molecule has 1 heterocycles. The molecule has 1 aromatic heterocycles. The van der Waals surface area contributed by atoms with Gasteiger partial charge in [-0.15, -0.1) is 0 Å². The second-order valence-corrected chi connectivity index (χ2v) is 6.14. The van der Waals surface area contributed by atoms with Crippen LogP contribution in [0.2, 0.25) is 0 Å². The number of rotatable bonds is 8. The number of para-hydroxylation sites is 1. The van der Waals surface area contributed by atoms with Crippen LogP contribution in [0.5, 0.6) is 0 Å². The molecule has 0 radical (unpaired) electrons. The Morgan fingerprint density at radius 1 is 0.926 bits per heavy atom. The van der Waals surface area contributed by atoms with Gasteiger partial charge in [0.15, 0.2) is 0 Å². The molecule has 27 heavy (non-hydrogen) atoms. The van der Waals surface area contributed by atoms with Crippen LogP contribution in [0.25, 0.3) is 0 Å². The molecule has 2 aromatic carbocycles. The summed E-state index contributed by atoms with van der Waals surface area (Å²) >= 11 is 0. The van der Waals surface area contributed by atoms with Crippen molar-refractivity contribution in [3.63, 3.8) is 0 Å². The molecule has 0 saturated carbocycles. The number of hydrogen-bond acceptors (Lipinski definition) is 4. The smallest absolute Gasteiger partial charge is 0.276 e. The van der Waals surface area contributed by atoms with Crippen LogP contribution in [0.1, 0.15) is 34.0 Å². The number of aryl methyl sites for hydroxylation is 1. The monoisotopic (exact) mass is 361 g/mol. The van der Waals surface area contributed by atoms with Crippen LogP contribution in [-0.4, -0.2) is 10.9 Å². The standard InChI is InChI=1S/C22H23N3O2/c1-2-17-7-9-19(10-8-17)16-27-25-22(26)20-5-3-4-6-21(20)24-15-18-11-13-23-14-12-18/h3-14,24H,2,15-16H2,1H3,(H,25,26). The first kappa shape index (κ1) is 18.6. The average molecular weight is 361 g/mol. The molecule has 0 aliphatic rings. The molecule has 0 bridgehead atoms. The molecule has 1 amide bonds. The van der Waals surface area contributed by atoms with Crippen LogP contribution >= 0.6 is 0 Å². The summed E-state index contributed by atoms with van der Waals surface area (Å²) in [6.07, 6.45) is 4.49.